The Kier molecular flexibility index (Phi) is 7.29. The fourth-order valence-electron chi connectivity index (χ4n) is 2.37. The minimum Gasteiger partial charge on any atom is -0.491 e. The van der Waals surface area contributed by atoms with E-state index in [1.165, 1.54) is 11.8 Å². The molecule has 1 aliphatic rings. The van der Waals surface area contributed by atoms with Gasteiger partial charge in [-0.3, -0.25) is 0 Å². The average Bonchev–Trinajstić information content (AvgIpc) is 3.02. The summed E-state index contributed by atoms with van der Waals surface area (Å²) < 4.78 is 35.5. The van der Waals surface area contributed by atoms with Gasteiger partial charge < -0.3 is 14.8 Å². The van der Waals surface area contributed by atoms with Gasteiger partial charge in [-0.2, -0.15) is 0 Å². The van der Waals surface area contributed by atoms with E-state index in [0.29, 0.717) is 13.2 Å². The predicted octanol–water partition coefficient (Wildman–Crippen LogP) is 1.27. The summed E-state index contributed by atoms with van der Waals surface area (Å²) in [7, 11) is -3.08. The molecule has 1 saturated heterocycles. The first-order valence-electron chi connectivity index (χ1n) is 8.01. The summed E-state index contributed by atoms with van der Waals surface area (Å²) in [5.41, 5.74) is 1.17. The molecule has 0 radical (unpaired) electrons. The van der Waals surface area contributed by atoms with Crippen molar-refractivity contribution in [3.63, 3.8) is 0 Å². The van der Waals surface area contributed by atoms with Gasteiger partial charge in [0.15, 0.2) is 0 Å². The van der Waals surface area contributed by atoms with Crippen molar-refractivity contribution < 1.29 is 17.9 Å². The molecule has 0 saturated carbocycles. The number of hydrogen-bond donors (Lipinski definition) is 2. The first-order valence-corrected chi connectivity index (χ1v) is 9.91. The molecule has 2 rings (SSSR count). The number of rotatable bonds is 10. The Labute approximate surface area is 138 Å². The third kappa shape index (κ3) is 7.78. The molecule has 7 heteroatoms. The van der Waals surface area contributed by atoms with E-state index in [1.807, 2.05) is 24.3 Å². The van der Waals surface area contributed by atoms with Crippen LogP contribution in [0.4, 0.5) is 0 Å². The van der Waals surface area contributed by atoms with Gasteiger partial charge in [-0.05, 0) is 43.5 Å². The zero-order valence-corrected chi connectivity index (χ0v) is 14.4. The summed E-state index contributed by atoms with van der Waals surface area (Å²) in [4.78, 5) is 0. The van der Waals surface area contributed by atoms with Crippen molar-refractivity contribution in [2.45, 2.75) is 31.9 Å². The van der Waals surface area contributed by atoms with Crippen molar-refractivity contribution in [2.75, 3.05) is 32.6 Å². The molecule has 1 atom stereocenters. The first-order chi connectivity index (χ1) is 11.0. The molecule has 1 heterocycles. The lowest BCUT2D eigenvalue weighted by Crippen LogP contribution is -2.26. The normalized spacial score (nSPS) is 18.2. The Morgan fingerprint density at radius 3 is 2.70 bits per heavy atom. The lowest BCUT2D eigenvalue weighted by molar-refractivity contribution is 0.0679. The fraction of sp³-hybridized carbons (Fsp3) is 0.625. The Bertz CT molecular complexity index is 554. The average molecular weight is 342 g/mol. The summed E-state index contributed by atoms with van der Waals surface area (Å²) in [6, 6.07) is 8.01. The maximum atomic E-state index is 10.9. The fourth-order valence-corrected chi connectivity index (χ4v) is 2.89. The van der Waals surface area contributed by atoms with Gasteiger partial charge in [0, 0.05) is 19.7 Å². The molecular weight excluding hydrogens is 316 g/mol. The highest BCUT2D eigenvalue weighted by atomic mass is 32.2. The van der Waals surface area contributed by atoms with Crippen molar-refractivity contribution in [2.24, 2.45) is 0 Å². The molecule has 2 N–H and O–H groups in total. The zero-order chi connectivity index (χ0) is 16.5. The maximum absolute atomic E-state index is 10.9. The van der Waals surface area contributed by atoms with Crippen LogP contribution < -0.4 is 14.8 Å². The Morgan fingerprint density at radius 1 is 1.26 bits per heavy atom. The van der Waals surface area contributed by atoms with Crippen LogP contribution in [-0.4, -0.2) is 47.1 Å². The van der Waals surface area contributed by atoms with Crippen LogP contribution >= 0.6 is 0 Å². The molecule has 0 aromatic heterocycles. The van der Waals surface area contributed by atoms with Gasteiger partial charge >= 0.3 is 0 Å². The number of ether oxygens (including phenoxy) is 2. The van der Waals surface area contributed by atoms with Crippen molar-refractivity contribution in [1.29, 1.82) is 0 Å². The van der Waals surface area contributed by atoms with Crippen LogP contribution in [-0.2, 0) is 21.3 Å². The summed E-state index contributed by atoms with van der Waals surface area (Å²) in [6.07, 6.45) is 4.37. The van der Waals surface area contributed by atoms with E-state index in [9.17, 15) is 8.42 Å². The van der Waals surface area contributed by atoms with Crippen molar-refractivity contribution in [3.8, 4) is 5.75 Å². The molecule has 0 spiro atoms. The summed E-state index contributed by atoms with van der Waals surface area (Å²) >= 11 is 0. The van der Waals surface area contributed by atoms with Crippen LogP contribution in [0.25, 0.3) is 0 Å². The van der Waals surface area contributed by atoms with Crippen LogP contribution in [0.15, 0.2) is 24.3 Å². The number of hydrogen-bond acceptors (Lipinski definition) is 5. The minimum absolute atomic E-state index is 0.233. The Morgan fingerprint density at radius 2 is 2.04 bits per heavy atom. The zero-order valence-electron chi connectivity index (χ0n) is 13.6. The second-order valence-electron chi connectivity index (χ2n) is 5.79. The second kappa shape index (κ2) is 9.22. The van der Waals surface area contributed by atoms with Gasteiger partial charge in [0.2, 0.25) is 10.0 Å². The van der Waals surface area contributed by atoms with E-state index in [-0.39, 0.29) is 6.10 Å². The van der Waals surface area contributed by atoms with Crippen LogP contribution in [0.5, 0.6) is 5.75 Å². The van der Waals surface area contributed by atoms with Crippen LogP contribution in [0.3, 0.4) is 0 Å². The Hall–Kier alpha value is -1.15. The smallest absolute Gasteiger partial charge is 0.208 e. The molecule has 0 amide bonds. The molecule has 1 unspecified atom stereocenters. The molecule has 1 aromatic carbocycles. The van der Waals surface area contributed by atoms with E-state index in [1.54, 1.807) is 0 Å². The summed E-state index contributed by atoms with van der Waals surface area (Å²) in [5.74, 6) is 0.863. The summed E-state index contributed by atoms with van der Waals surface area (Å²) in [6.45, 7) is 3.44. The number of benzene rings is 1. The largest absolute Gasteiger partial charge is 0.491 e. The van der Waals surface area contributed by atoms with Gasteiger partial charge in [0.1, 0.15) is 12.4 Å². The van der Waals surface area contributed by atoms with E-state index in [0.717, 1.165) is 44.7 Å². The van der Waals surface area contributed by atoms with Crippen LogP contribution in [0, 0.1) is 0 Å². The van der Waals surface area contributed by atoms with Crippen molar-refractivity contribution >= 4 is 10.0 Å². The highest BCUT2D eigenvalue weighted by Crippen LogP contribution is 2.16. The SMILES string of the molecule is CS(=O)(=O)NCCCNCc1ccc(OCC2CCCO2)cc1. The standard InChI is InChI=1S/C16H26N2O4S/c1-23(19,20)18-10-3-9-17-12-14-5-7-15(8-6-14)22-13-16-4-2-11-21-16/h5-8,16-18H,2-4,9-13H2,1H3. The van der Waals surface area contributed by atoms with E-state index in [4.69, 9.17) is 9.47 Å². The molecule has 1 aliphatic heterocycles. The van der Waals surface area contributed by atoms with E-state index < -0.39 is 10.0 Å². The van der Waals surface area contributed by atoms with Gasteiger partial charge in [0.05, 0.1) is 12.4 Å². The Balaban J connectivity index is 1.59. The first kappa shape index (κ1) is 18.2. The molecule has 0 bridgehead atoms. The molecule has 23 heavy (non-hydrogen) atoms. The third-order valence-corrected chi connectivity index (χ3v) is 4.34. The van der Waals surface area contributed by atoms with Crippen molar-refractivity contribution in [3.05, 3.63) is 29.8 Å². The molecule has 1 fully saturated rings. The predicted molar refractivity (Wildman–Crippen MR) is 90.1 cm³/mol. The van der Waals surface area contributed by atoms with E-state index >= 15 is 0 Å². The molecule has 6 nitrogen and oxygen atoms in total. The molecule has 130 valence electrons. The lowest BCUT2D eigenvalue weighted by Gasteiger charge is -2.12. The number of sulfonamides is 1. The minimum atomic E-state index is -3.08. The monoisotopic (exact) mass is 342 g/mol. The highest BCUT2D eigenvalue weighted by Gasteiger charge is 2.15. The van der Waals surface area contributed by atoms with E-state index in [2.05, 4.69) is 10.0 Å². The molecule has 1 aromatic rings. The van der Waals surface area contributed by atoms with Crippen molar-refractivity contribution in [1.82, 2.24) is 10.0 Å². The third-order valence-electron chi connectivity index (χ3n) is 3.61. The topological polar surface area (TPSA) is 76.7 Å². The van der Waals surface area contributed by atoms with Gasteiger partial charge in [-0.25, -0.2) is 13.1 Å². The molecule has 0 aliphatic carbocycles. The highest BCUT2D eigenvalue weighted by molar-refractivity contribution is 7.88. The second-order valence-corrected chi connectivity index (χ2v) is 7.62. The maximum Gasteiger partial charge on any atom is 0.208 e. The van der Waals surface area contributed by atoms with Gasteiger partial charge in [-0.1, -0.05) is 12.1 Å². The number of nitrogens with one attached hydrogen (secondary N) is 2. The van der Waals surface area contributed by atoms with Gasteiger partial charge in [0.25, 0.3) is 0 Å². The quantitative estimate of drug-likeness (QED) is 0.626. The molecular formula is C16H26N2O4S. The van der Waals surface area contributed by atoms with Crippen LogP contribution in [0.2, 0.25) is 0 Å². The summed E-state index contributed by atoms with van der Waals surface area (Å²) in [5, 5.41) is 3.29. The lowest BCUT2D eigenvalue weighted by atomic mass is 10.2. The van der Waals surface area contributed by atoms with Crippen LogP contribution in [0.1, 0.15) is 24.8 Å². The van der Waals surface area contributed by atoms with Gasteiger partial charge in [-0.15, -0.1) is 0 Å².